The minimum Gasteiger partial charge on any atom is -0.308 e. The predicted molar refractivity (Wildman–Crippen MR) is 74.0 cm³/mol. The molecule has 5 heteroatoms. The van der Waals surface area contributed by atoms with Crippen LogP contribution in [0.4, 0.5) is 4.39 Å². The van der Waals surface area contributed by atoms with Gasteiger partial charge in [0.25, 0.3) is 0 Å². The molecule has 0 unspecified atom stereocenters. The van der Waals surface area contributed by atoms with Crippen molar-refractivity contribution in [2.24, 2.45) is 0 Å². The van der Waals surface area contributed by atoms with Crippen molar-refractivity contribution in [1.82, 2.24) is 5.32 Å². The van der Waals surface area contributed by atoms with Crippen LogP contribution in [0.3, 0.4) is 0 Å². The Labute approximate surface area is 117 Å². The first kappa shape index (κ1) is 13.0. The van der Waals surface area contributed by atoms with Gasteiger partial charge in [-0.15, -0.1) is 11.3 Å². The fourth-order valence-corrected chi connectivity index (χ4v) is 3.05. The van der Waals surface area contributed by atoms with Gasteiger partial charge in [-0.1, -0.05) is 17.7 Å². The monoisotopic (exact) mass is 333 g/mol. The maximum atomic E-state index is 13.5. The summed E-state index contributed by atoms with van der Waals surface area (Å²) in [4.78, 5) is 1.21. The van der Waals surface area contributed by atoms with E-state index in [1.165, 1.54) is 10.9 Å². The van der Waals surface area contributed by atoms with Crippen LogP contribution in [-0.4, -0.2) is 0 Å². The Kier molecular flexibility index (Phi) is 4.56. The van der Waals surface area contributed by atoms with Crippen molar-refractivity contribution in [2.45, 2.75) is 13.1 Å². The van der Waals surface area contributed by atoms with E-state index in [2.05, 4.69) is 21.2 Å². The second kappa shape index (κ2) is 5.96. The molecule has 0 spiro atoms. The molecule has 0 saturated heterocycles. The molecule has 0 aliphatic heterocycles. The maximum Gasteiger partial charge on any atom is 0.129 e. The van der Waals surface area contributed by atoms with Crippen molar-refractivity contribution in [3.05, 3.63) is 55.4 Å². The molecule has 0 aliphatic carbocycles. The van der Waals surface area contributed by atoms with Crippen LogP contribution in [0.2, 0.25) is 5.02 Å². The second-order valence-corrected chi connectivity index (χ2v) is 5.82. The summed E-state index contributed by atoms with van der Waals surface area (Å²) in [5, 5.41) is 5.64. The molecule has 0 radical (unpaired) electrons. The minimum atomic E-state index is -0.268. The average molecular weight is 335 g/mol. The van der Waals surface area contributed by atoms with Gasteiger partial charge in [-0.05, 0) is 39.5 Å². The zero-order valence-corrected chi connectivity index (χ0v) is 12.0. The lowest BCUT2D eigenvalue weighted by atomic mass is 10.2. The van der Waals surface area contributed by atoms with Crippen LogP contribution in [0.15, 0.2) is 34.1 Å². The number of halogens is 3. The summed E-state index contributed by atoms with van der Waals surface area (Å²) < 4.78 is 14.6. The third-order valence-corrected chi connectivity index (χ3v) is 4.47. The lowest BCUT2D eigenvalue weighted by Crippen LogP contribution is -2.13. The lowest BCUT2D eigenvalue weighted by molar-refractivity contribution is 0.589. The van der Waals surface area contributed by atoms with E-state index in [0.29, 0.717) is 17.1 Å². The van der Waals surface area contributed by atoms with Gasteiger partial charge < -0.3 is 5.32 Å². The molecule has 0 amide bonds. The smallest absolute Gasteiger partial charge is 0.129 e. The van der Waals surface area contributed by atoms with E-state index >= 15 is 0 Å². The van der Waals surface area contributed by atoms with E-state index in [0.717, 1.165) is 11.0 Å². The van der Waals surface area contributed by atoms with Crippen molar-refractivity contribution in [3.63, 3.8) is 0 Å². The molecule has 1 aromatic carbocycles. The van der Waals surface area contributed by atoms with E-state index < -0.39 is 0 Å². The van der Waals surface area contributed by atoms with Crippen LogP contribution in [0.1, 0.15) is 10.4 Å². The molecule has 0 bridgehead atoms. The first-order valence-electron chi connectivity index (χ1n) is 5.03. The molecule has 2 aromatic rings. The molecular weight excluding hydrogens is 325 g/mol. The van der Waals surface area contributed by atoms with E-state index in [1.54, 1.807) is 23.5 Å². The zero-order chi connectivity index (χ0) is 12.3. The van der Waals surface area contributed by atoms with Gasteiger partial charge in [0.05, 0.1) is 0 Å². The van der Waals surface area contributed by atoms with Gasteiger partial charge in [0.1, 0.15) is 5.82 Å². The van der Waals surface area contributed by atoms with Gasteiger partial charge in [0.15, 0.2) is 0 Å². The number of hydrogen-bond donors (Lipinski definition) is 1. The van der Waals surface area contributed by atoms with Gasteiger partial charge >= 0.3 is 0 Å². The summed E-state index contributed by atoms with van der Waals surface area (Å²) in [5.41, 5.74) is 0.627. The molecule has 1 N–H and O–H groups in total. The fraction of sp³-hybridized carbons (Fsp3) is 0.167. The van der Waals surface area contributed by atoms with E-state index in [1.807, 2.05) is 11.4 Å². The highest BCUT2D eigenvalue weighted by Crippen LogP contribution is 2.22. The van der Waals surface area contributed by atoms with Crippen LogP contribution in [-0.2, 0) is 13.1 Å². The van der Waals surface area contributed by atoms with E-state index in [4.69, 9.17) is 11.6 Å². The standard InChI is InChI=1S/C12H10BrClFNS/c13-10-3-4-17-12(10)7-16-6-8-1-2-9(14)5-11(8)15/h1-5,16H,6-7H2. The molecule has 1 nitrogen and oxygen atoms in total. The molecule has 17 heavy (non-hydrogen) atoms. The summed E-state index contributed by atoms with van der Waals surface area (Å²) >= 11 is 10.8. The largest absolute Gasteiger partial charge is 0.308 e. The minimum absolute atomic E-state index is 0.268. The highest BCUT2D eigenvalue weighted by molar-refractivity contribution is 9.10. The van der Waals surface area contributed by atoms with Crippen molar-refractivity contribution in [3.8, 4) is 0 Å². The summed E-state index contributed by atoms with van der Waals surface area (Å²) in [6, 6.07) is 6.74. The molecule has 0 saturated carbocycles. The number of benzene rings is 1. The topological polar surface area (TPSA) is 12.0 Å². The molecule has 0 fully saturated rings. The summed E-state index contributed by atoms with van der Waals surface area (Å²) in [7, 11) is 0. The van der Waals surface area contributed by atoms with Crippen molar-refractivity contribution in [1.29, 1.82) is 0 Å². The Bertz CT molecular complexity index is 515. The second-order valence-electron chi connectivity index (χ2n) is 3.53. The van der Waals surface area contributed by atoms with Gasteiger partial charge in [0, 0.05) is 33.0 Å². The Morgan fingerprint density at radius 3 is 2.76 bits per heavy atom. The number of rotatable bonds is 4. The van der Waals surface area contributed by atoms with E-state index in [-0.39, 0.29) is 5.82 Å². The number of hydrogen-bond acceptors (Lipinski definition) is 2. The predicted octanol–water partition coefficient (Wildman–Crippen LogP) is 4.59. The van der Waals surface area contributed by atoms with Gasteiger partial charge in [-0.2, -0.15) is 0 Å². The van der Waals surface area contributed by atoms with Crippen LogP contribution in [0, 0.1) is 5.82 Å². The molecule has 2 rings (SSSR count). The van der Waals surface area contributed by atoms with Crippen molar-refractivity contribution in [2.75, 3.05) is 0 Å². The number of thiophene rings is 1. The van der Waals surface area contributed by atoms with Crippen molar-refractivity contribution < 1.29 is 4.39 Å². The third kappa shape index (κ3) is 3.52. The first-order chi connectivity index (χ1) is 8.16. The lowest BCUT2D eigenvalue weighted by Gasteiger charge is -2.05. The molecular formula is C12H10BrClFNS. The molecule has 1 aromatic heterocycles. The Morgan fingerprint density at radius 1 is 1.29 bits per heavy atom. The van der Waals surface area contributed by atoms with Crippen LogP contribution >= 0.6 is 38.9 Å². The first-order valence-corrected chi connectivity index (χ1v) is 7.08. The average Bonchev–Trinajstić information content (AvgIpc) is 2.68. The summed E-state index contributed by atoms with van der Waals surface area (Å²) in [6.07, 6.45) is 0. The van der Waals surface area contributed by atoms with Crippen molar-refractivity contribution >= 4 is 38.9 Å². The third-order valence-electron chi connectivity index (χ3n) is 2.31. The summed E-state index contributed by atoms with van der Waals surface area (Å²) in [6.45, 7) is 1.22. The Hall–Kier alpha value is -0.420. The molecule has 0 aliphatic rings. The molecule has 1 heterocycles. The Morgan fingerprint density at radius 2 is 2.12 bits per heavy atom. The highest BCUT2D eigenvalue weighted by atomic mass is 79.9. The quantitative estimate of drug-likeness (QED) is 0.862. The van der Waals surface area contributed by atoms with E-state index in [9.17, 15) is 4.39 Å². The molecule has 0 atom stereocenters. The number of nitrogens with one attached hydrogen (secondary N) is 1. The van der Waals surface area contributed by atoms with Gasteiger partial charge in [0.2, 0.25) is 0 Å². The van der Waals surface area contributed by atoms with Crippen LogP contribution in [0.5, 0.6) is 0 Å². The maximum absolute atomic E-state index is 13.5. The van der Waals surface area contributed by atoms with Crippen LogP contribution in [0.25, 0.3) is 0 Å². The summed E-state index contributed by atoms with van der Waals surface area (Å²) in [5.74, 6) is -0.268. The van der Waals surface area contributed by atoms with Gasteiger partial charge in [-0.3, -0.25) is 0 Å². The van der Waals surface area contributed by atoms with Gasteiger partial charge in [-0.25, -0.2) is 4.39 Å². The molecule has 90 valence electrons. The van der Waals surface area contributed by atoms with Crippen LogP contribution < -0.4 is 5.32 Å². The zero-order valence-electron chi connectivity index (χ0n) is 8.84. The fourth-order valence-electron chi connectivity index (χ4n) is 1.43. The highest BCUT2D eigenvalue weighted by Gasteiger charge is 2.04. The SMILES string of the molecule is Fc1cc(Cl)ccc1CNCc1sccc1Br. The Balaban J connectivity index is 1.92. The normalized spacial score (nSPS) is 10.8.